The lowest BCUT2D eigenvalue weighted by Crippen LogP contribution is -2.20. The maximum Gasteiger partial charge on any atom is 0.232 e. The van der Waals surface area contributed by atoms with E-state index in [-0.39, 0.29) is 18.2 Å². The highest BCUT2D eigenvalue weighted by Gasteiger charge is 2.32. The van der Waals surface area contributed by atoms with E-state index in [0.717, 1.165) is 29.8 Å². The van der Waals surface area contributed by atoms with Gasteiger partial charge in [0.2, 0.25) is 11.8 Å². The number of rotatable bonds is 3. The van der Waals surface area contributed by atoms with E-state index in [9.17, 15) is 9.59 Å². The van der Waals surface area contributed by atoms with Gasteiger partial charge in [0.05, 0.1) is 11.6 Å². The van der Waals surface area contributed by atoms with Crippen LogP contribution in [0.5, 0.6) is 0 Å². The minimum atomic E-state index is -0.418. The van der Waals surface area contributed by atoms with Crippen molar-refractivity contribution in [2.75, 3.05) is 10.6 Å². The van der Waals surface area contributed by atoms with Crippen LogP contribution in [0.2, 0.25) is 0 Å². The molecule has 1 aliphatic carbocycles. The Hall–Kier alpha value is -2.21. The summed E-state index contributed by atoms with van der Waals surface area (Å²) in [5.41, 5.74) is 2.84. The SMILES string of the molecule is O=C(C[C@H]1C(=O)Nc2ccccc21)Nc1nc2c(s1)CCCCC2. The highest BCUT2D eigenvalue weighted by atomic mass is 32.1. The van der Waals surface area contributed by atoms with Crippen LogP contribution in [0.15, 0.2) is 24.3 Å². The van der Waals surface area contributed by atoms with Crippen molar-refractivity contribution in [1.29, 1.82) is 0 Å². The second kappa shape index (κ2) is 6.36. The van der Waals surface area contributed by atoms with E-state index in [1.807, 2.05) is 24.3 Å². The van der Waals surface area contributed by atoms with Crippen molar-refractivity contribution in [2.24, 2.45) is 0 Å². The summed E-state index contributed by atoms with van der Waals surface area (Å²) in [7, 11) is 0. The van der Waals surface area contributed by atoms with Gasteiger partial charge >= 0.3 is 0 Å². The van der Waals surface area contributed by atoms with Crippen LogP contribution in [-0.2, 0) is 22.4 Å². The third-order valence-electron chi connectivity index (χ3n) is 4.64. The molecule has 2 N–H and O–H groups in total. The molecule has 2 heterocycles. The zero-order valence-corrected chi connectivity index (χ0v) is 14.1. The maximum absolute atomic E-state index is 12.4. The van der Waals surface area contributed by atoms with Crippen LogP contribution in [0, 0.1) is 0 Å². The fraction of sp³-hybridized carbons (Fsp3) is 0.389. The lowest BCUT2D eigenvalue weighted by molar-refractivity contribution is -0.122. The number of benzene rings is 1. The first-order valence-corrected chi connectivity index (χ1v) is 9.20. The first kappa shape index (κ1) is 15.3. The number of nitrogens with one attached hydrogen (secondary N) is 2. The summed E-state index contributed by atoms with van der Waals surface area (Å²) in [5.74, 6) is -0.684. The Morgan fingerprint density at radius 1 is 1.25 bits per heavy atom. The Kier molecular flexibility index (Phi) is 4.06. The molecule has 0 saturated carbocycles. The number of aryl methyl sites for hydroxylation is 2. The number of aromatic nitrogens is 1. The van der Waals surface area contributed by atoms with E-state index >= 15 is 0 Å². The molecule has 0 radical (unpaired) electrons. The molecule has 1 aromatic carbocycles. The summed E-state index contributed by atoms with van der Waals surface area (Å²) in [6, 6.07) is 7.53. The maximum atomic E-state index is 12.4. The summed E-state index contributed by atoms with van der Waals surface area (Å²) in [5, 5.41) is 6.38. The monoisotopic (exact) mass is 341 g/mol. The highest BCUT2D eigenvalue weighted by Crippen LogP contribution is 2.35. The summed E-state index contributed by atoms with van der Waals surface area (Å²) in [4.78, 5) is 30.4. The van der Waals surface area contributed by atoms with Crippen LogP contribution in [0.4, 0.5) is 10.8 Å². The van der Waals surface area contributed by atoms with Gasteiger partial charge in [0.1, 0.15) is 0 Å². The lowest BCUT2D eigenvalue weighted by Gasteiger charge is -2.08. The number of nitrogens with zero attached hydrogens (tertiary/aromatic N) is 1. The molecule has 1 atom stereocenters. The van der Waals surface area contributed by atoms with Crippen LogP contribution in [0.1, 0.15) is 47.7 Å². The van der Waals surface area contributed by atoms with Crippen LogP contribution in [0.3, 0.4) is 0 Å². The normalized spacial score (nSPS) is 19.2. The predicted octanol–water partition coefficient (Wildman–Crippen LogP) is 3.48. The van der Waals surface area contributed by atoms with Crippen molar-refractivity contribution in [3.8, 4) is 0 Å². The zero-order chi connectivity index (χ0) is 16.5. The van der Waals surface area contributed by atoms with Crippen molar-refractivity contribution in [1.82, 2.24) is 4.98 Å². The van der Waals surface area contributed by atoms with Crippen LogP contribution in [-0.4, -0.2) is 16.8 Å². The average Bonchev–Trinajstić information content (AvgIpc) is 3.00. The van der Waals surface area contributed by atoms with E-state index < -0.39 is 5.92 Å². The molecule has 1 aliphatic heterocycles. The standard InChI is InChI=1S/C18H19N3O2S/c22-16(10-12-11-6-4-5-7-13(11)19-17(12)23)21-18-20-14-8-2-1-3-9-15(14)24-18/h4-7,12H,1-3,8-10H2,(H,19,23)(H,20,21,22)/t12-/m1/s1. The summed E-state index contributed by atoms with van der Waals surface area (Å²) in [6.45, 7) is 0. The van der Waals surface area contributed by atoms with Gasteiger partial charge in [-0.3, -0.25) is 9.59 Å². The lowest BCUT2D eigenvalue weighted by atomic mass is 9.97. The molecule has 0 unspecified atom stereocenters. The molecule has 6 heteroatoms. The second-order valence-electron chi connectivity index (χ2n) is 6.33. The molecular formula is C18H19N3O2S. The highest BCUT2D eigenvalue weighted by molar-refractivity contribution is 7.15. The number of fused-ring (bicyclic) bond motifs is 2. The molecule has 4 rings (SSSR count). The van der Waals surface area contributed by atoms with E-state index in [0.29, 0.717) is 5.13 Å². The van der Waals surface area contributed by atoms with Crippen molar-refractivity contribution < 1.29 is 9.59 Å². The minimum absolute atomic E-state index is 0.110. The van der Waals surface area contributed by atoms with Gasteiger partial charge in [-0.05, 0) is 37.3 Å². The van der Waals surface area contributed by atoms with E-state index in [1.54, 1.807) is 11.3 Å². The fourth-order valence-electron chi connectivity index (χ4n) is 3.42. The molecule has 24 heavy (non-hydrogen) atoms. The summed E-state index contributed by atoms with van der Waals surface area (Å²) in [6.07, 6.45) is 5.82. The fourth-order valence-corrected chi connectivity index (χ4v) is 4.48. The smallest absolute Gasteiger partial charge is 0.232 e. The Morgan fingerprint density at radius 3 is 3.00 bits per heavy atom. The molecule has 0 bridgehead atoms. The molecular weight excluding hydrogens is 322 g/mol. The second-order valence-corrected chi connectivity index (χ2v) is 7.41. The molecule has 2 amide bonds. The number of thiazole rings is 1. The number of hydrogen-bond donors (Lipinski definition) is 2. The van der Waals surface area contributed by atoms with Crippen molar-refractivity contribution in [2.45, 2.75) is 44.4 Å². The van der Waals surface area contributed by atoms with Gasteiger partial charge in [-0.1, -0.05) is 24.6 Å². The van der Waals surface area contributed by atoms with Crippen molar-refractivity contribution >= 4 is 34.0 Å². The molecule has 0 saturated heterocycles. The average molecular weight is 341 g/mol. The van der Waals surface area contributed by atoms with Crippen molar-refractivity contribution in [3.05, 3.63) is 40.4 Å². The first-order valence-electron chi connectivity index (χ1n) is 8.39. The Bertz CT molecular complexity index is 776. The number of anilines is 2. The van der Waals surface area contributed by atoms with Crippen LogP contribution in [0.25, 0.3) is 0 Å². The van der Waals surface area contributed by atoms with Gasteiger partial charge in [0.25, 0.3) is 0 Å². The van der Waals surface area contributed by atoms with Crippen LogP contribution >= 0.6 is 11.3 Å². The van der Waals surface area contributed by atoms with Crippen LogP contribution < -0.4 is 10.6 Å². The number of amides is 2. The summed E-state index contributed by atoms with van der Waals surface area (Å²) >= 11 is 1.58. The van der Waals surface area contributed by atoms with Gasteiger partial charge in [0.15, 0.2) is 5.13 Å². The molecule has 0 fully saturated rings. The van der Waals surface area contributed by atoms with Gasteiger partial charge in [-0.2, -0.15) is 0 Å². The Morgan fingerprint density at radius 2 is 2.08 bits per heavy atom. The molecule has 124 valence electrons. The Balaban J connectivity index is 1.45. The molecule has 1 aromatic heterocycles. The van der Waals surface area contributed by atoms with Gasteiger partial charge in [-0.15, -0.1) is 11.3 Å². The number of carbonyl (C=O) groups is 2. The van der Waals surface area contributed by atoms with Gasteiger partial charge in [0, 0.05) is 17.0 Å². The molecule has 2 aromatic rings. The quantitative estimate of drug-likeness (QED) is 0.840. The van der Waals surface area contributed by atoms with Gasteiger partial charge in [-0.25, -0.2) is 4.98 Å². The predicted molar refractivity (Wildman–Crippen MR) is 94.4 cm³/mol. The number of carbonyl (C=O) groups excluding carboxylic acids is 2. The van der Waals surface area contributed by atoms with E-state index in [1.165, 1.54) is 24.1 Å². The Labute approximate surface area is 144 Å². The topological polar surface area (TPSA) is 71.1 Å². The third kappa shape index (κ3) is 2.94. The minimum Gasteiger partial charge on any atom is -0.325 e. The van der Waals surface area contributed by atoms with Gasteiger partial charge < -0.3 is 10.6 Å². The molecule has 5 nitrogen and oxygen atoms in total. The third-order valence-corrected chi connectivity index (χ3v) is 5.71. The van der Waals surface area contributed by atoms with E-state index in [4.69, 9.17) is 0 Å². The van der Waals surface area contributed by atoms with E-state index in [2.05, 4.69) is 15.6 Å². The van der Waals surface area contributed by atoms with Crippen molar-refractivity contribution in [3.63, 3.8) is 0 Å². The molecule has 0 spiro atoms. The number of para-hydroxylation sites is 1. The first-order chi connectivity index (χ1) is 11.7. The largest absolute Gasteiger partial charge is 0.325 e. The summed E-state index contributed by atoms with van der Waals surface area (Å²) < 4.78 is 0. The number of hydrogen-bond acceptors (Lipinski definition) is 4. The zero-order valence-electron chi connectivity index (χ0n) is 13.3. The molecule has 2 aliphatic rings.